The highest BCUT2D eigenvalue weighted by molar-refractivity contribution is 7.88. The SMILES string of the molecule is Cc1nn(C)c(NC2CCCN(S(C)(=O)=O)C2)c1[N+](=O)[O-]. The molecule has 2 heterocycles. The molecule has 10 heteroatoms. The Kier molecular flexibility index (Phi) is 4.19. The lowest BCUT2D eigenvalue weighted by Crippen LogP contribution is -2.44. The molecule has 0 saturated carbocycles. The molecule has 1 aromatic heterocycles. The van der Waals surface area contributed by atoms with Crippen molar-refractivity contribution in [2.45, 2.75) is 25.8 Å². The minimum atomic E-state index is -3.25. The topological polar surface area (TPSA) is 110 Å². The van der Waals surface area contributed by atoms with Crippen LogP contribution in [-0.4, -0.2) is 52.8 Å². The molecule has 1 aliphatic rings. The fourth-order valence-electron chi connectivity index (χ4n) is 2.58. The third-order valence-electron chi connectivity index (χ3n) is 3.57. The van der Waals surface area contributed by atoms with E-state index in [1.54, 1.807) is 14.0 Å². The van der Waals surface area contributed by atoms with Crippen molar-refractivity contribution in [1.82, 2.24) is 14.1 Å². The second-order valence-electron chi connectivity index (χ2n) is 5.27. The monoisotopic (exact) mass is 317 g/mol. The standard InChI is InChI=1S/C11H19N5O4S/c1-8-10(16(17)18)11(14(2)13-8)12-9-5-4-6-15(7-9)21(3,19)20/h9,12H,4-7H2,1-3H3. The minimum Gasteiger partial charge on any atom is -0.360 e. The van der Waals surface area contributed by atoms with E-state index in [4.69, 9.17) is 0 Å². The summed E-state index contributed by atoms with van der Waals surface area (Å²) in [4.78, 5) is 10.7. The normalized spacial score (nSPS) is 20.4. The zero-order chi connectivity index (χ0) is 15.8. The highest BCUT2D eigenvalue weighted by atomic mass is 32.2. The first-order valence-corrected chi connectivity index (χ1v) is 8.44. The van der Waals surface area contributed by atoms with Crippen LogP contribution >= 0.6 is 0 Å². The van der Waals surface area contributed by atoms with Gasteiger partial charge in [-0.1, -0.05) is 0 Å². The van der Waals surface area contributed by atoms with Crippen molar-refractivity contribution in [3.05, 3.63) is 15.8 Å². The van der Waals surface area contributed by atoms with Crippen LogP contribution in [0.4, 0.5) is 11.5 Å². The highest BCUT2D eigenvalue weighted by Gasteiger charge is 2.30. The van der Waals surface area contributed by atoms with Gasteiger partial charge in [-0.25, -0.2) is 17.4 Å². The lowest BCUT2D eigenvalue weighted by Gasteiger charge is -2.31. The van der Waals surface area contributed by atoms with Gasteiger partial charge in [-0.05, 0) is 19.8 Å². The van der Waals surface area contributed by atoms with Gasteiger partial charge in [0.15, 0.2) is 0 Å². The number of rotatable bonds is 4. The van der Waals surface area contributed by atoms with Crippen LogP contribution in [0.1, 0.15) is 18.5 Å². The van der Waals surface area contributed by atoms with E-state index in [2.05, 4.69) is 10.4 Å². The van der Waals surface area contributed by atoms with E-state index < -0.39 is 14.9 Å². The maximum absolute atomic E-state index is 11.6. The third kappa shape index (κ3) is 3.32. The molecule has 21 heavy (non-hydrogen) atoms. The molecule has 1 N–H and O–H groups in total. The molecular formula is C11H19N5O4S. The molecule has 0 aromatic carbocycles. The first kappa shape index (κ1) is 15.7. The van der Waals surface area contributed by atoms with Gasteiger partial charge in [-0.2, -0.15) is 5.10 Å². The summed E-state index contributed by atoms with van der Waals surface area (Å²) in [6.07, 6.45) is 2.65. The Balaban J connectivity index is 2.21. The molecule has 1 aliphatic heterocycles. The molecule has 0 radical (unpaired) electrons. The molecule has 0 bridgehead atoms. The Bertz CT molecular complexity index is 654. The molecule has 1 saturated heterocycles. The van der Waals surface area contributed by atoms with Gasteiger partial charge in [0.05, 0.1) is 11.2 Å². The zero-order valence-corrected chi connectivity index (χ0v) is 13.1. The van der Waals surface area contributed by atoms with E-state index in [1.807, 2.05) is 0 Å². The average molecular weight is 317 g/mol. The summed E-state index contributed by atoms with van der Waals surface area (Å²) >= 11 is 0. The smallest absolute Gasteiger partial charge is 0.333 e. The second kappa shape index (κ2) is 5.60. The summed E-state index contributed by atoms with van der Waals surface area (Å²) < 4.78 is 26.0. The number of anilines is 1. The summed E-state index contributed by atoms with van der Waals surface area (Å²) in [6, 6.07) is -0.165. The Morgan fingerprint density at radius 1 is 1.48 bits per heavy atom. The number of piperidine rings is 1. The summed E-state index contributed by atoms with van der Waals surface area (Å²) in [5.41, 5.74) is 0.273. The Labute approximate surface area is 123 Å². The maximum Gasteiger partial charge on any atom is 0.333 e. The van der Waals surface area contributed by atoms with Crippen LogP contribution in [0.15, 0.2) is 0 Å². The van der Waals surface area contributed by atoms with Crippen LogP contribution < -0.4 is 5.32 Å². The van der Waals surface area contributed by atoms with E-state index in [9.17, 15) is 18.5 Å². The number of aromatic nitrogens is 2. The van der Waals surface area contributed by atoms with Gasteiger partial charge in [0.25, 0.3) is 0 Å². The van der Waals surface area contributed by atoms with Gasteiger partial charge >= 0.3 is 5.69 Å². The largest absolute Gasteiger partial charge is 0.360 e. The summed E-state index contributed by atoms with van der Waals surface area (Å²) in [5, 5.41) is 18.2. The average Bonchev–Trinajstić information content (AvgIpc) is 2.63. The summed E-state index contributed by atoms with van der Waals surface area (Å²) in [6.45, 7) is 2.37. The van der Waals surface area contributed by atoms with Gasteiger partial charge in [0.1, 0.15) is 5.69 Å². The van der Waals surface area contributed by atoms with Crippen LogP contribution in [0, 0.1) is 17.0 Å². The molecule has 0 amide bonds. The first-order valence-electron chi connectivity index (χ1n) is 6.59. The van der Waals surface area contributed by atoms with Crippen molar-refractivity contribution in [2.75, 3.05) is 24.7 Å². The molecule has 1 atom stereocenters. The van der Waals surface area contributed by atoms with Crippen molar-refractivity contribution in [2.24, 2.45) is 7.05 Å². The molecule has 1 unspecified atom stereocenters. The fourth-order valence-corrected chi connectivity index (χ4v) is 3.49. The molecule has 0 spiro atoms. The van der Waals surface area contributed by atoms with Gasteiger partial charge < -0.3 is 5.32 Å². The summed E-state index contributed by atoms with van der Waals surface area (Å²) in [7, 11) is -1.62. The van der Waals surface area contributed by atoms with E-state index in [0.29, 0.717) is 24.6 Å². The number of hydrogen-bond acceptors (Lipinski definition) is 6. The molecular weight excluding hydrogens is 298 g/mol. The van der Waals surface area contributed by atoms with E-state index >= 15 is 0 Å². The first-order chi connectivity index (χ1) is 9.70. The van der Waals surface area contributed by atoms with Crippen LogP contribution in [0.3, 0.4) is 0 Å². The predicted molar refractivity (Wildman–Crippen MR) is 77.7 cm³/mol. The number of aryl methyl sites for hydroxylation is 2. The van der Waals surface area contributed by atoms with Crippen LogP contribution in [0.5, 0.6) is 0 Å². The fraction of sp³-hybridized carbons (Fsp3) is 0.727. The maximum atomic E-state index is 11.6. The molecule has 2 rings (SSSR count). The Hall–Kier alpha value is -1.68. The van der Waals surface area contributed by atoms with Gasteiger partial charge in [0, 0.05) is 26.2 Å². The lowest BCUT2D eigenvalue weighted by atomic mass is 10.1. The number of nitro groups is 1. The van der Waals surface area contributed by atoms with Gasteiger partial charge in [-0.15, -0.1) is 0 Å². The zero-order valence-electron chi connectivity index (χ0n) is 12.2. The van der Waals surface area contributed by atoms with Crippen molar-refractivity contribution < 1.29 is 13.3 Å². The lowest BCUT2D eigenvalue weighted by molar-refractivity contribution is -0.384. The van der Waals surface area contributed by atoms with Crippen molar-refractivity contribution >= 4 is 21.5 Å². The quantitative estimate of drug-likeness (QED) is 0.638. The van der Waals surface area contributed by atoms with Crippen molar-refractivity contribution in [3.8, 4) is 0 Å². The van der Waals surface area contributed by atoms with Gasteiger partial charge in [-0.3, -0.25) is 10.1 Å². The minimum absolute atomic E-state index is 0.0611. The molecule has 118 valence electrons. The third-order valence-corrected chi connectivity index (χ3v) is 4.84. The second-order valence-corrected chi connectivity index (χ2v) is 7.25. The van der Waals surface area contributed by atoms with E-state index in [0.717, 1.165) is 12.8 Å². The van der Waals surface area contributed by atoms with Gasteiger partial charge in [0.2, 0.25) is 15.8 Å². The van der Waals surface area contributed by atoms with Crippen LogP contribution in [-0.2, 0) is 17.1 Å². The molecule has 1 fully saturated rings. The molecule has 9 nitrogen and oxygen atoms in total. The highest BCUT2D eigenvalue weighted by Crippen LogP contribution is 2.29. The molecule has 0 aliphatic carbocycles. The van der Waals surface area contributed by atoms with E-state index in [1.165, 1.54) is 15.2 Å². The van der Waals surface area contributed by atoms with Crippen LogP contribution in [0.2, 0.25) is 0 Å². The van der Waals surface area contributed by atoms with E-state index in [-0.39, 0.29) is 11.7 Å². The van der Waals surface area contributed by atoms with Crippen molar-refractivity contribution in [3.63, 3.8) is 0 Å². The number of nitrogens with one attached hydrogen (secondary N) is 1. The van der Waals surface area contributed by atoms with Crippen molar-refractivity contribution in [1.29, 1.82) is 0 Å². The van der Waals surface area contributed by atoms with Crippen LogP contribution in [0.25, 0.3) is 0 Å². The summed E-state index contributed by atoms with van der Waals surface area (Å²) in [5.74, 6) is 0.317. The number of hydrogen-bond donors (Lipinski definition) is 1. The number of sulfonamides is 1. The Morgan fingerprint density at radius 3 is 2.71 bits per heavy atom. The Morgan fingerprint density at radius 2 is 2.14 bits per heavy atom. The predicted octanol–water partition coefficient (Wildman–Crippen LogP) is 0.473. The number of nitrogens with zero attached hydrogens (tertiary/aromatic N) is 4. The molecule has 1 aromatic rings.